The van der Waals surface area contributed by atoms with Crippen molar-refractivity contribution in [2.24, 2.45) is 0 Å². The van der Waals surface area contributed by atoms with Crippen LogP contribution in [0.1, 0.15) is 0 Å². The zero-order valence-electron chi connectivity index (χ0n) is 11.7. The Labute approximate surface area is 123 Å². The molecule has 1 N–H and O–H groups in total. The molecule has 2 rings (SSSR count). The molecule has 0 saturated heterocycles. The van der Waals surface area contributed by atoms with Crippen LogP contribution in [0.25, 0.3) is 11.4 Å². The van der Waals surface area contributed by atoms with E-state index in [9.17, 15) is 0 Å². The third kappa shape index (κ3) is 3.96. The normalized spacial score (nSPS) is 11.2. The van der Waals surface area contributed by atoms with E-state index in [0.717, 1.165) is 17.9 Å². The second-order valence-electron chi connectivity index (χ2n) is 4.66. The molecule has 0 bridgehead atoms. The molecule has 0 aromatic carbocycles. The van der Waals surface area contributed by atoms with E-state index in [1.54, 1.807) is 12.4 Å². The number of nitrogens with zero attached hydrogens (tertiary/aromatic N) is 4. The molecule has 6 nitrogen and oxygen atoms in total. The van der Waals surface area contributed by atoms with Gasteiger partial charge in [0.05, 0.1) is 19.8 Å². The molecule has 0 spiro atoms. The molecule has 2 aromatic heterocycles. The molecular weight excluding hydrogens is 274 g/mol. The number of hydrogen-bond acceptors (Lipinski definition) is 5. The summed E-state index contributed by atoms with van der Waals surface area (Å²) in [7, 11) is 4.05. The Bertz CT molecular complexity index is 578. The maximum atomic E-state index is 5.60. The number of hydrogen-bond donors (Lipinski definition) is 1. The molecule has 0 aliphatic rings. The first-order valence-corrected chi connectivity index (χ1v) is 6.87. The number of H-pyrrole nitrogens is 1. The van der Waals surface area contributed by atoms with E-state index in [4.69, 9.17) is 17.0 Å². The molecule has 7 heteroatoms. The predicted molar refractivity (Wildman–Crippen MR) is 80.0 cm³/mol. The van der Waals surface area contributed by atoms with Gasteiger partial charge in [0.2, 0.25) is 0 Å². The Morgan fingerprint density at radius 1 is 1.40 bits per heavy atom. The van der Waals surface area contributed by atoms with Crippen LogP contribution in [0.3, 0.4) is 0 Å². The van der Waals surface area contributed by atoms with Crippen LogP contribution in [-0.4, -0.2) is 58.5 Å². The highest BCUT2D eigenvalue weighted by Gasteiger charge is 2.08. The standard InChI is InChI=1S/C13H19N5OS/c1-17(2)6-8-19-9-7-18-12(15-16-13(18)20)11-4-3-5-14-10-11/h3-5,10H,6-9H2,1-2H3,(H,16,20). The van der Waals surface area contributed by atoms with Gasteiger partial charge >= 0.3 is 0 Å². The van der Waals surface area contributed by atoms with Crippen LogP contribution in [0.4, 0.5) is 0 Å². The third-order valence-electron chi connectivity index (χ3n) is 2.82. The molecule has 0 aliphatic carbocycles. The number of likely N-dealkylation sites (N-methyl/N-ethyl adjacent to an activating group) is 1. The first-order valence-electron chi connectivity index (χ1n) is 6.46. The Kier molecular flexibility index (Phi) is 5.40. The molecule has 2 aromatic rings. The van der Waals surface area contributed by atoms with Gasteiger partial charge in [-0.1, -0.05) is 0 Å². The lowest BCUT2D eigenvalue weighted by molar-refractivity contribution is 0.111. The highest BCUT2D eigenvalue weighted by molar-refractivity contribution is 7.71. The summed E-state index contributed by atoms with van der Waals surface area (Å²) in [6, 6.07) is 3.84. The van der Waals surface area contributed by atoms with Gasteiger partial charge in [-0.3, -0.25) is 14.6 Å². The lowest BCUT2D eigenvalue weighted by Crippen LogP contribution is -2.19. The minimum atomic E-state index is 0.597. The van der Waals surface area contributed by atoms with Crippen molar-refractivity contribution in [3.63, 3.8) is 0 Å². The summed E-state index contributed by atoms with van der Waals surface area (Å²) in [6.45, 7) is 2.90. The number of ether oxygens (including phenoxy) is 1. The van der Waals surface area contributed by atoms with Crippen molar-refractivity contribution in [3.8, 4) is 11.4 Å². The van der Waals surface area contributed by atoms with E-state index in [2.05, 4.69) is 20.1 Å². The first kappa shape index (κ1) is 14.8. The molecular formula is C13H19N5OS. The Morgan fingerprint density at radius 3 is 2.95 bits per heavy atom. The van der Waals surface area contributed by atoms with Gasteiger partial charge in [0.15, 0.2) is 10.6 Å². The van der Waals surface area contributed by atoms with Crippen LogP contribution < -0.4 is 0 Å². The summed E-state index contributed by atoms with van der Waals surface area (Å²) in [4.78, 5) is 6.19. The summed E-state index contributed by atoms with van der Waals surface area (Å²) >= 11 is 5.25. The summed E-state index contributed by atoms with van der Waals surface area (Å²) in [5.41, 5.74) is 0.938. The van der Waals surface area contributed by atoms with Crippen LogP contribution in [0, 0.1) is 4.77 Å². The lowest BCUT2D eigenvalue weighted by atomic mass is 10.3. The van der Waals surface area contributed by atoms with Gasteiger partial charge in [-0.2, -0.15) is 5.10 Å². The number of rotatable bonds is 7. The lowest BCUT2D eigenvalue weighted by Gasteiger charge is -2.10. The fraction of sp³-hybridized carbons (Fsp3) is 0.462. The van der Waals surface area contributed by atoms with Crippen molar-refractivity contribution in [2.45, 2.75) is 6.54 Å². The van der Waals surface area contributed by atoms with Gasteiger partial charge in [0, 0.05) is 24.5 Å². The fourth-order valence-corrected chi connectivity index (χ4v) is 1.97. The van der Waals surface area contributed by atoms with Gasteiger partial charge in [0.25, 0.3) is 0 Å². The van der Waals surface area contributed by atoms with Crippen molar-refractivity contribution in [2.75, 3.05) is 33.9 Å². The van der Waals surface area contributed by atoms with Gasteiger partial charge in [-0.05, 0) is 38.4 Å². The Balaban J connectivity index is 1.98. The van der Waals surface area contributed by atoms with Crippen LogP contribution in [0.2, 0.25) is 0 Å². The minimum Gasteiger partial charge on any atom is -0.378 e. The van der Waals surface area contributed by atoms with E-state index < -0.39 is 0 Å². The van der Waals surface area contributed by atoms with Crippen LogP contribution in [0.5, 0.6) is 0 Å². The zero-order valence-corrected chi connectivity index (χ0v) is 12.6. The summed E-state index contributed by atoms with van der Waals surface area (Å²) in [5.74, 6) is 0.791. The number of aromatic amines is 1. The number of nitrogens with one attached hydrogen (secondary N) is 1. The van der Waals surface area contributed by atoms with Crippen molar-refractivity contribution in [3.05, 3.63) is 29.3 Å². The van der Waals surface area contributed by atoms with E-state index in [1.165, 1.54) is 0 Å². The molecule has 20 heavy (non-hydrogen) atoms. The number of aromatic nitrogens is 4. The van der Waals surface area contributed by atoms with Gasteiger partial charge < -0.3 is 9.64 Å². The van der Waals surface area contributed by atoms with Crippen molar-refractivity contribution in [1.29, 1.82) is 0 Å². The first-order chi connectivity index (χ1) is 9.68. The quantitative estimate of drug-likeness (QED) is 0.620. The van der Waals surface area contributed by atoms with E-state index in [1.807, 2.05) is 30.8 Å². The molecule has 2 heterocycles. The molecule has 0 radical (unpaired) electrons. The molecule has 0 fully saturated rings. The van der Waals surface area contributed by atoms with Gasteiger partial charge in [-0.15, -0.1) is 0 Å². The largest absolute Gasteiger partial charge is 0.378 e. The Hall–Kier alpha value is -1.57. The topological polar surface area (TPSA) is 59.0 Å². The van der Waals surface area contributed by atoms with Crippen LogP contribution in [0.15, 0.2) is 24.5 Å². The number of pyridine rings is 1. The Morgan fingerprint density at radius 2 is 2.25 bits per heavy atom. The second-order valence-corrected chi connectivity index (χ2v) is 5.05. The smallest absolute Gasteiger partial charge is 0.195 e. The summed E-state index contributed by atoms with van der Waals surface area (Å²) in [6.07, 6.45) is 3.51. The van der Waals surface area contributed by atoms with Crippen molar-refractivity contribution in [1.82, 2.24) is 24.6 Å². The molecule has 0 amide bonds. The van der Waals surface area contributed by atoms with E-state index >= 15 is 0 Å². The monoisotopic (exact) mass is 293 g/mol. The highest BCUT2D eigenvalue weighted by atomic mass is 32.1. The molecule has 0 atom stereocenters. The summed E-state index contributed by atoms with van der Waals surface area (Å²) < 4.78 is 8.13. The average Bonchev–Trinajstić information content (AvgIpc) is 2.80. The maximum Gasteiger partial charge on any atom is 0.195 e. The van der Waals surface area contributed by atoms with Crippen LogP contribution >= 0.6 is 12.2 Å². The van der Waals surface area contributed by atoms with E-state index in [0.29, 0.717) is 24.5 Å². The third-order valence-corrected chi connectivity index (χ3v) is 3.13. The van der Waals surface area contributed by atoms with Gasteiger partial charge in [-0.25, -0.2) is 0 Å². The van der Waals surface area contributed by atoms with Crippen molar-refractivity contribution >= 4 is 12.2 Å². The fourth-order valence-electron chi connectivity index (χ4n) is 1.75. The molecule has 0 unspecified atom stereocenters. The highest BCUT2D eigenvalue weighted by Crippen LogP contribution is 2.15. The average molecular weight is 293 g/mol. The molecule has 0 aliphatic heterocycles. The second kappa shape index (κ2) is 7.28. The minimum absolute atomic E-state index is 0.597. The maximum absolute atomic E-state index is 5.60. The SMILES string of the molecule is CN(C)CCOCCn1c(-c2cccnc2)n[nH]c1=S. The van der Waals surface area contributed by atoms with Crippen LogP contribution in [-0.2, 0) is 11.3 Å². The zero-order chi connectivity index (χ0) is 14.4. The summed E-state index contributed by atoms with van der Waals surface area (Å²) in [5, 5.41) is 7.07. The molecule has 0 saturated carbocycles. The van der Waals surface area contributed by atoms with E-state index in [-0.39, 0.29) is 0 Å². The predicted octanol–water partition coefficient (Wildman–Crippen LogP) is 1.58. The molecule has 108 valence electrons. The van der Waals surface area contributed by atoms with Gasteiger partial charge in [0.1, 0.15) is 0 Å². The van der Waals surface area contributed by atoms with Crippen molar-refractivity contribution < 1.29 is 4.74 Å².